The maximum absolute atomic E-state index is 14.1. The van der Waals surface area contributed by atoms with Crippen molar-refractivity contribution in [1.82, 2.24) is 0 Å². The number of hydrogen-bond donors (Lipinski definition) is 1. The molecule has 0 saturated carbocycles. The molecular weight excluding hydrogens is 487 g/mol. The Balaban J connectivity index is 1.99. The Morgan fingerprint density at radius 1 is 1.06 bits per heavy atom. The summed E-state index contributed by atoms with van der Waals surface area (Å²) in [5.74, 6) is -1.03. The fraction of sp³-hybridized carbons (Fsp3) is 0.136. The second kappa shape index (κ2) is 9.93. The highest BCUT2D eigenvalue weighted by molar-refractivity contribution is 9.10. The molecular formula is C22H20BrFN2O4S. The van der Waals surface area contributed by atoms with Gasteiger partial charge in [0.1, 0.15) is 18.1 Å². The number of benzene rings is 3. The smallest absolute Gasteiger partial charge is 0.264 e. The number of nitrogens with one attached hydrogen (secondary N) is 1. The van der Waals surface area contributed by atoms with Gasteiger partial charge < -0.3 is 10.1 Å². The summed E-state index contributed by atoms with van der Waals surface area (Å²) < 4.78 is 48.0. The number of halogens is 2. The van der Waals surface area contributed by atoms with Crippen molar-refractivity contribution in [1.29, 1.82) is 0 Å². The number of amides is 1. The number of sulfonamides is 1. The van der Waals surface area contributed by atoms with E-state index in [-0.39, 0.29) is 16.3 Å². The lowest BCUT2D eigenvalue weighted by molar-refractivity contribution is -0.114. The summed E-state index contributed by atoms with van der Waals surface area (Å²) >= 11 is 3.15. The first-order valence-corrected chi connectivity index (χ1v) is 11.6. The number of carbonyl (C=O) groups excluding carboxylic acids is 1. The molecule has 0 aliphatic carbocycles. The molecule has 9 heteroatoms. The highest BCUT2D eigenvalue weighted by atomic mass is 79.9. The van der Waals surface area contributed by atoms with Crippen molar-refractivity contribution in [3.8, 4) is 5.75 Å². The predicted molar refractivity (Wildman–Crippen MR) is 121 cm³/mol. The van der Waals surface area contributed by atoms with Crippen LogP contribution in [0.3, 0.4) is 0 Å². The maximum atomic E-state index is 14.1. The Bertz CT molecular complexity index is 1170. The molecule has 0 unspecified atom stereocenters. The number of nitrogens with zero attached hydrogens (tertiary/aromatic N) is 1. The zero-order valence-corrected chi connectivity index (χ0v) is 19.0. The Labute approximate surface area is 188 Å². The highest BCUT2D eigenvalue weighted by Gasteiger charge is 2.29. The number of rotatable bonds is 8. The molecule has 31 heavy (non-hydrogen) atoms. The molecule has 0 spiro atoms. The van der Waals surface area contributed by atoms with E-state index >= 15 is 0 Å². The van der Waals surface area contributed by atoms with Crippen LogP contribution in [0, 0.1) is 5.82 Å². The van der Waals surface area contributed by atoms with Gasteiger partial charge in [0.15, 0.2) is 0 Å². The summed E-state index contributed by atoms with van der Waals surface area (Å²) in [6.45, 7) is 1.51. The highest BCUT2D eigenvalue weighted by Crippen LogP contribution is 2.32. The van der Waals surface area contributed by atoms with Crippen LogP contribution in [-0.4, -0.2) is 27.5 Å². The average molecular weight is 507 g/mol. The molecule has 0 aliphatic heterocycles. The second-order valence-electron chi connectivity index (χ2n) is 6.40. The van der Waals surface area contributed by atoms with E-state index in [2.05, 4.69) is 21.2 Å². The van der Waals surface area contributed by atoms with Crippen molar-refractivity contribution in [3.05, 3.63) is 83.1 Å². The monoisotopic (exact) mass is 506 g/mol. The minimum Gasteiger partial charge on any atom is -0.492 e. The van der Waals surface area contributed by atoms with Gasteiger partial charge >= 0.3 is 0 Å². The third kappa shape index (κ3) is 5.42. The predicted octanol–water partition coefficient (Wildman–Crippen LogP) is 4.82. The third-order valence-electron chi connectivity index (χ3n) is 4.26. The Morgan fingerprint density at radius 3 is 2.42 bits per heavy atom. The molecule has 0 fully saturated rings. The van der Waals surface area contributed by atoms with Gasteiger partial charge in [-0.3, -0.25) is 9.10 Å². The first-order valence-electron chi connectivity index (χ1n) is 9.37. The first-order chi connectivity index (χ1) is 14.8. The molecule has 0 atom stereocenters. The van der Waals surface area contributed by atoms with Gasteiger partial charge in [0, 0.05) is 4.47 Å². The number of para-hydroxylation sites is 2. The van der Waals surface area contributed by atoms with Crippen LogP contribution in [0.5, 0.6) is 5.75 Å². The molecule has 3 aromatic rings. The Kier molecular flexibility index (Phi) is 7.29. The van der Waals surface area contributed by atoms with Crippen molar-refractivity contribution in [2.45, 2.75) is 11.8 Å². The first kappa shape index (κ1) is 22.8. The van der Waals surface area contributed by atoms with Crippen LogP contribution in [0.4, 0.5) is 15.8 Å². The molecule has 1 amide bonds. The van der Waals surface area contributed by atoms with Crippen molar-refractivity contribution in [2.75, 3.05) is 22.8 Å². The molecule has 1 N–H and O–H groups in total. The average Bonchev–Trinajstić information content (AvgIpc) is 2.75. The van der Waals surface area contributed by atoms with Gasteiger partial charge in [-0.15, -0.1) is 0 Å². The van der Waals surface area contributed by atoms with Crippen LogP contribution in [-0.2, 0) is 14.8 Å². The van der Waals surface area contributed by atoms with Crippen molar-refractivity contribution >= 4 is 43.2 Å². The standard InChI is InChI=1S/C22H20BrFN2O4S/c1-2-30-21-11-7-6-10-20(21)26(31(28,29)17-8-4-3-5-9-17)15-22(27)25-19-13-12-16(23)14-18(19)24/h3-14H,2,15H2,1H3,(H,25,27). The Hall–Kier alpha value is -2.91. The number of ether oxygens (including phenoxy) is 1. The van der Waals surface area contributed by atoms with Gasteiger partial charge in [-0.1, -0.05) is 46.3 Å². The lowest BCUT2D eigenvalue weighted by Crippen LogP contribution is -2.38. The zero-order chi connectivity index (χ0) is 22.4. The summed E-state index contributed by atoms with van der Waals surface area (Å²) in [5.41, 5.74) is 0.156. The van der Waals surface area contributed by atoms with Gasteiger partial charge in [0.25, 0.3) is 10.0 Å². The summed E-state index contributed by atoms with van der Waals surface area (Å²) in [6, 6.07) is 18.5. The second-order valence-corrected chi connectivity index (χ2v) is 9.18. The van der Waals surface area contributed by atoms with Crippen molar-refractivity contribution in [2.24, 2.45) is 0 Å². The van der Waals surface area contributed by atoms with Gasteiger partial charge in [0.05, 0.1) is 22.9 Å². The maximum Gasteiger partial charge on any atom is 0.264 e. The van der Waals surface area contributed by atoms with Crippen LogP contribution in [0.1, 0.15) is 6.92 Å². The molecule has 6 nitrogen and oxygen atoms in total. The Morgan fingerprint density at radius 2 is 1.74 bits per heavy atom. The molecule has 0 bridgehead atoms. The molecule has 0 aliphatic rings. The minimum atomic E-state index is -4.11. The van der Waals surface area contributed by atoms with Crippen LogP contribution >= 0.6 is 15.9 Å². The van der Waals surface area contributed by atoms with E-state index in [0.717, 1.165) is 4.31 Å². The summed E-state index contributed by atoms with van der Waals surface area (Å²) in [7, 11) is -4.11. The van der Waals surface area contributed by atoms with Crippen molar-refractivity contribution in [3.63, 3.8) is 0 Å². The van der Waals surface area contributed by atoms with E-state index in [9.17, 15) is 17.6 Å². The summed E-state index contributed by atoms with van der Waals surface area (Å²) in [4.78, 5) is 12.8. The van der Waals surface area contributed by atoms with E-state index < -0.39 is 28.3 Å². The lowest BCUT2D eigenvalue weighted by atomic mass is 10.3. The van der Waals surface area contributed by atoms with Crippen LogP contribution in [0.25, 0.3) is 0 Å². The lowest BCUT2D eigenvalue weighted by Gasteiger charge is -2.26. The number of anilines is 2. The zero-order valence-electron chi connectivity index (χ0n) is 16.6. The van der Waals surface area contributed by atoms with E-state index in [1.165, 1.54) is 24.3 Å². The molecule has 0 heterocycles. The summed E-state index contributed by atoms with van der Waals surface area (Å²) in [5, 5.41) is 2.43. The quantitative estimate of drug-likeness (QED) is 0.475. The fourth-order valence-corrected chi connectivity index (χ4v) is 4.66. The van der Waals surface area contributed by atoms with Crippen molar-refractivity contribution < 1.29 is 22.3 Å². The van der Waals surface area contributed by atoms with E-state index in [1.807, 2.05) is 0 Å². The fourth-order valence-electron chi connectivity index (χ4n) is 2.87. The van der Waals surface area contributed by atoms with E-state index in [0.29, 0.717) is 16.8 Å². The molecule has 0 aromatic heterocycles. The molecule has 3 rings (SSSR count). The SMILES string of the molecule is CCOc1ccccc1N(CC(=O)Nc1ccc(Br)cc1F)S(=O)(=O)c1ccccc1. The van der Waals surface area contributed by atoms with E-state index in [1.54, 1.807) is 55.5 Å². The molecule has 3 aromatic carbocycles. The topological polar surface area (TPSA) is 75.7 Å². The van der Waals surface area contributed by atoms with Gasteiger partial charge in [-0.2, -0.15) is 0 Å². The van der Waals surface area contributed by atoms with Gasteiger partial charge in [-0.05, 0) is 49.4 Å². The van der Waals surface area contributed by atoms with Gasteiger partial charge in [-0.25, -0.2) is 12.8 Å². The number of hydrogen-bond acceptors (Lipinski definition) is 4. The van der Waals surface area contributed by atoms with Crippen LogP contribution < -0.4 is 14.4 Å². The van der Waals surface area contributed by atoms with Crippen LogP contribution in [0.15, 0.2) is 82.2 Å². The molecule has 0 radical (unpaired) electrons. The van der Waals surface area contributed by atoms with Crippen LogP contribution in [0.2, 0.25) is 0 Å². The summed E-state index contributed by atoms with van der Waals surface area (Å²) in [6.07, 6.45) is 0. The minimum absolute atomic E-state index is 0.0175. The third-order valence-corrected chi connectivity index (χ3v) is 6.52. The molecule has 162 valence electrons. The normalized spacial score (nSPS) is 11.1. The van der Waals surface area contributed by atoms with Gasteiger partial charge in [0.2, 0.25) is 5.91 Å². The largest absolute Gasteiger partial charge is 0.492 e. The number of carbonyl (C=O) groups is 1. The van der Waals surface area contributed by atoms with E-state index in [4.69, 9.17) is 4.74 Å². The molecule has 0 saturated heterocycles.